The predicted octanol–water partition coefficient (Wildman–Crippen LogP) is 2.39. The van der Waals surface area contributed by atoms with E-state index in [9.17, 15) is 4.79 Å². The van der Waals surface area contributed by atoms with Gasteiger partial charge in [-0.15, -0.1) is 0 Å². The minimum absolute atomic E-state index is 0.0163. The van der Waals surface area contributed by atoms with Crippen molar-refractivity contribution in [2.24, 2.45) is 11.5 Å². The van der Waals surface area contributed by atoms with E-state index < -0.39 is 11.9 Å². The maximum absolute atomic E-state index is 11.4. The maximum atomic E-state index is 11.4. The highest BCUT2D eigenvalue weighted by Crippen LogP contribution is 2.34. The van der Waals surface area contributed by atoms with Gasteiger partial charge in [0.2, 0.25) is 5.91 Å². The van der Waals surface area contributed by atoms with Crippen molar-refractivity contribution in [2.45, 2.75) is 77.9 Å². The van der Waals surface area contributed by atoms with Crippen LogP contribution in [0.5, 0.6) is 0 Å². The third-order valence-electron chi connectivity index (χ3n) is 5.33. The van der Waals surface area contributed by atoms with Crippen LogP contribution >= 0.6 is 0 Å². The molecule has 3 rings (SSSR count). The van der Waals surface area contributed by atoms with Crippen LogP contribution < -0.4 is 11.5 Å². The van der Waals surface area contributed by atoms with Crippen molar-refractivity contribution in [3.8, 4) is 5.69 Å². The number of carbonyl (C=O) groups is 2. The third-order valence-corrected chi connectivity index (χ3v) is 5.33. The summed E-state index contributed by atoms with van der Waals surface area (Å²) >= 11 is 0. The number of carboxylic acid groups (broad SMARTS) is 1. The van der Waals surface area contributed by atoms with Crippen molar-refractivity contribution in [1.82, 2.24) is 14.8 Å². The predicted molar refractivity (Wildman–Crippen MR) is 122 cm³/mol. The number of ether oxygens (including phenoxy) is 1. The number of amides is 1. The average Bonchev–Trinajstić information content (AvgIpc) is 3.09. The summed E-state index contributed by atoms with van der Waals surface area (Å²) < 4.78 is 7.88. The van der Waals surface area contributed by atoms with Crippen LogP contribution in [0.2, 0.25) is 0 Å². The molecule has 1 heterocycles. The van der Waals surface area contributed by atoms with Crippen LogP contribution in [-0.4, -0.2) is 50.5 Å². The molecule has 0 bridgehead atoms. The number of rotatable bonds is 7. The third kappa shape index (κ3) is 7.13. The summed E-state index contributed by atoms with van der Waals surface area (Å²) in [5.74, 6) is 0.235. The molecule has 2 aromatic rings. The minimum atomic E-state index is -0.833. The second kappa shape index (κ2) is 11.7. The zero-order valence-electron chi connectivity index (χ0n) is 19.4. The Bertz CT molecular complexity index is 923. The Labute approximate surface area is 189 Å². The molecule has 1 aliphatic rings. The number of hydrogen-bond acceptors (Lipinski definition) is 6. The molecule has 0 spiro atoms. The van der Waals surface area contributed by atoms with Crippen molar-refractivity contribution >= 4 is 11.9 Å². The van der Waals surface area contributed by atoms with E-state index in [4.69, 9.17) is 31.1 Å². The Hall–Kier alpha value is -2.78. The van der Waals surface area contributed by atoms with E-state index in [2.05, 4.69) is 44.1 Å². The fraction of sp³-hybridized carbons (Fsp3) is 0.565. The number of benzene rings is 1. The monoisotopic (exact) mass is 445 g/mol. The van der Waals surface area contributed by atoms with Gasteiger partial charge in [-0.25, -0.2) is 9.67 Å². The van der Waals surface area contributed by atoms with Gasteiger partial charge in [0, 0.05) is 25.5 Å². The number of nitrogens with zero attached hydrogens (tertiary/aromatic N) is 3. The molecular weight excluding hydrogens is 410 g/mol. The minimum Gasteiger partial charge on any atom is -0.481 e. The highest BCUT2D eigenvalue weighted by molar-refractivity contribution is 5.75. The van der Waals surface area contributed by atoms with Crippen molar-refractivity contribution in [2.75, 3.05) is 6.61 Å². The Morgan fingerprint density at radius 2 is 1.97 bits per heavy atom. The number of aromatic nitrogens is 3. The van der Waals surface area contributed by atoms with E-state index in [-0.39, 0.29) is 24.5 Å². The second-order valence-corrected chi connectivity index (χ2v) is 8.33. The number of carboxylic acids is 1. The highest BCUT2D eigenvalue weighted by atomic mass is 16.5. The van der Waals surface area contributed by atoms with E-state index in [1.807, 2.05) is 4.68 Å². The molecule has 1 aromatic carbocycles. The summed E-state index contributed by atoms with van der Waals surface area (Å²) in [6.45, 7) is 8.02. The molecule has 9 heteroatoms. The van der Waals surface area contributed by atoms with Gasteiger partial charge in [0.15, 0.2) is 5.82 Å². The Morgan fingerprint density at radius 1 is 1.28 bits per heavy atom. The van der Waals surface area contributed by atoms with Gasteiger partial charge >= 0.3 is 0 Å². The van der Waals surface area contributed by atoms with Crippen LogP contribution in [-0.2, 0) is 20.7 Å². The molecule has 1 fully saturated rings. The van der Waals surface area contributed by atoms with Crippen LogP contribution in [0.3, 0.4) is 0 Å². The topological polar surface area (TPSA) is 146 Å². The lowest BCUT2D eigenvalue weighted by molar-refractivity contribution is -0.134. The zero-order valence-corrected chi connectivity index (χ0v) is 19.4. The van der Waals surface area contributed by atoms with Crippen molar-refractivity contribution in [3.05, 3.63) is 41.0 Å². The normalized spacial score (nSPS) is 20.3. The molecule has 176 valence electrons. The van der Waals surface area contributed by atoms with Crippen LogP contribution in [0.4, 0.5) is 0 Å². The molecule has 32 heavy (non-hydrogen) atoms. The standard InChI is InChI=1S/C21H31N5O2.C2H4O2/c1-4-9-28-18-11-15(6-7-16(18)22)21-24-20(12-19(23)27)25-26(21)17-8-5-13(2)10-14(17)3;1-2(3)4/h5,8,10,15-16,18H,4,6-7,9,11-12,22H2,1-3H3,(H2,23,27);1H3,(H,3,4)/t15-,16+,18+;/m0./s1. The molecular formula is C23H35N5O4. The van der Waals surface area contributed by atoms with E-state index in [1.54, 1.807) is 0 Å². The Balaban J connectivity index is 0.000000837. The van der Waals surface area contributed by atoms with E-state index in [0.717, 1.165) is 49.7 Å². The molecule has 9 nitrogen and oxygen atoms in total. The molecule has 0 saturated heterocycles. The average molecular weight is 446 g/mol. The molecule has 0 aliphatic heterocycles. The van der Waals surface area contributed by atoms with Crippen molar-refractivity contribution in [1.29, 1.82) is 0 Å². The van der Waals surface area contributed by atoms with E-state index in [0.29, 0.717) is 12.4 Å². The highest BCUT2D eigenvalue weighted by Gasteiger charge is 2.33. The molecule has 1 aliphatic carbocycles. The summed E-state index contributed by atoms with van der Waals surface area (Å²) in [5, 5.41) is 12.0. The lowest BCUT2D eigenvalue weighted by Gasteiger charge is -2.33. The van der Waals surface area contributed by atoms with E-state index in [1.165, 1.54) is 5.56 Å². The first kappa shape index (κ1) is 25.5. The van der Waals surface area contributed by atoms with Crippen molar-refractivity contribution in [3.63, 3.8) is 0 Å². The SMILES string of the molecule is CC(=O)O.CCCO[C@@H]1C[C@@H](c2nc(CC(N)=O)nn2-c2ccc(C)cc2C)CC[C@H]1N. The molecule has 1 amide bonds. The van der Waals surface area contributed by atoms with Gasteiger partial charge in [-0.1, -0.05) is 24.6 Å². The second-order valence-electron chi connectivity index (χ2n) is 8.33. The number of aliphatic carboxylic acids is 1. The Kier molecular flexibility index (Phi) is 9.34. The van der Waals surface area contributed by atoms with Crippen molar-refractivity contribution < 1.29 is 19.4 Å². The number of aryl methyl sites for hydroxylation is 2. The Morgan fingerprint density at radius 3 is 2.56 bits per heavy atom. The fourth-order valence-electron chi connectivity index (χ4n) is 3.93. The van der Waals surface area contributed by atoms with Crippen LogP contribution in [0.1, 0.15) is 68.2 Å². The van der Waals surface area contributed by atoms with Gasteiger partial charge in [0.25, 0.3) is 5.97 Å². The van der Waals surface area contributed by atoms with Gasteiger partial charge in [0.05, 0.1) is 18.2 Å². The fourth-order valence-corrected chi connectivity index (χ4v) is 3.93. The number of carbonyl (C=O) groups excluding carboxylic acids is 1. The van der Waals surface area contributed by atoms with Crippen LogP contribution in [0.15, 0.2) is 18.2 Å². The lowest BCUT2D eigenvalue weighted by atomic mass is 9.83. The van der Waals surface area contributed by atoms with Gasteiger partial charge in [-0.3, -0.25) is 9.59 Å². The molecule has 1 aromatic heterocycles. The van der Waals surface area contributed by atoms with Gasteiger partial charge in [-0.05, 0) is 51.2 Å². The molecule has 1 saturated carbocycles. The molecule has 0 radical (unpaired) electrons. The summed E-state index contributed by atoms with van der Waals surface area (Å²) in [6.07, 6.45) is 3.63. The quantitative estimate of drug-likeness (QED) is 0.593. The van der Waals surface area contributed by atoms with Crippen LogP contribution in [0.25, 0.3) is 5.69 Å². The summed E-state index contributed by atoms with van der Waals surface area (Å²) in [7, 11) is 0. The summed E-state index contributed by atoms with van der Waals surface area (Å²) in [5.41, 5.74) is 15.0. The summed E-state index contributed by atoms with van der Waals surface area (Å²) in [6, 6.07) is 6.28. The van der Waals surface area contributed by atoms with Gasteiger partial charge < -0.3 is 21.3 Å². The molecule has 5 N–H and O–H groups in total. The zero-order chi connectivity index (χ0) is 23.8. The number of nitrogens with two attached hydrogens (primary N) is 2. The van der Waals surface area contributed by atoms with Crippen LogP contribution in [0, 0.1) is 13.8 Å². The smallest absolute Gasteiger partial charge is 0.300 e. The lowest BCUT2D eigenvalue weighted by Crippen LogP contribution is -2.42. The maximum Gasteiger partial charge on any atom is 0.300 e. The first-order valence-corrected chi connectivity index (χ1v) is 11.0. The van der Waals surface area contributed by atoms with E-state index >= 15 is 0 Å². The van der Waals surface area contributed by atoms with Gasteiger partial charge in [-0.2, -0.15) is 5.10 Å². The molecule has 3 atom stereocenters. The number of hydrogen-bond donors (Lipinski definition) is 3. The summed E-state index contributed by atoms with van der Waals surface area (Å²) in [4.78, 5) is 25.1. The van der Waals surface area contributed by atoms with Gasteiger partial charge in [0.1, 0.15) is 5.82 Å². The largest absolute Gasteiger partial charge is 0.481 e. The first-order chi connectivity index (χ1) is 15.1. The molecule has 0 unspecified atom stereocenters. The number of primary amides is 1. The first-order valence-electron chi connectivity index (χ1n) is 11.0.